The molecule has 0 N–H and O–H groups in total. The average Bonchev–Trinajstić information content (AvgIpc) is 3.19. The van der Waals surface area contributed by atoms with Crippen LogP contribution in [0.3, 0.4) is 0 Å². The molecule has 2 aliphatic rings. The zero-order valence-corrected chi connectivity index (χ0v) is 32.7. The highest BCUT2D eigenvalue weighted by atomic mass is 16.5. The fourth-order valence-corrected chi connectivity index (χ4v) is 9.77. The fourth-order valence-electron chi connectivity index (χ4n) is 9.77. The summed E-state index contributed by atoms with van der Waals surface area (Å²) >= 11 is 0. The number of ether oxygens (including phenoxy) is 2. The van der Waals surface area contributed by atoms with Gasteiger partial charge in [-0.15, -0.1) is 0 Å². The van der Waals surface area contributed by atoms with Crippen LogP contribution in [0.5, 0.6) is 23.0 Å². The number of benzene rings is 9. The van der Waals surface area contributed by atoms with E-state index in [0.29, 0.717) is 0 Å². The zero-order chi connectivity index (χ0) is 38.1. The van der Waals surface area contributed by atoms with Crippen molar-refractivity contribution in [3.63, 3.8) is 0 Å². The lowest BCUT2D eigenvalue weighted by Crippen LogP contribution is -2.17. The van der Waals surface area contributed by atoms with Crippen LogP contribution >= 0.6 is 0 Å². The summed E-state index contributed by atoms with van der Waals surface area (Å²) in [5.41, 5.74) is 12.0. The first kappa shape index (κ1) is 33.0. The predicted molar refractivity (Wildman–Crippen MR) is 236 cm³/mol. The molecule has 0 aliphatic carbocycles. The van der Waals surface area contributed by atoms with E-state index < -0.39 is 0 Å². The molecule has 0 radical (unpaired) electrons. The molecular formula is C54H42O2. The second kappa shape index (κ2) is 11.6. The summed E-state index contributed by atoms with van der Waals surface area (Å²) in [4.78, 5) is 0. The highest BCUT2D eigenvalue weighted by Crippen LogP contribution is 2.51. The topological polar surface area (TPSA) is 18.5 Å². The van der Waals surface area contributed by atoms with Gasteiger partial charge < -0.3 is 9.47 Å². The first-order chi connectivity index (χ1) is 27.0. The number of para-hydroxylation sites is 1. The first-order valence-electron chi connectivity index (χ1n) is 19.8. The number of hydrogen-bond acceptors (Lipinski definition) is 2. The SMILES string of the molecule is CC(C)(C)c1c2ccc(-c3ccc4c5c(cccc35)-c3ccccc3O4)cc2c(C(C)(C)C)c2ccc(-c3ccc4c(c3)Oc3cccc5cccc-4c35)cc12. The molecule has 2 aliphatic heterocycles. The maximum Gasteiger partial charge on any atom is 0.135 e. The van der Waals surface area contributed by atoms with Crippen LogP contribution in [0.25, 0.3) is 87.6 Å². The van der Waals surface area contributed by atoms with E-state index in [-0.39, 0.29) is 10.8 Å². The molecule has 0 aromatic heterocycles. The van der Waals surface area contributed by atoms with E-state index in [4.69, 9.17) is 9.47 Å². The van der Waals surface area contributed by atoms with E-state index in [1.54, 1.807) is 0 Å². The second-order valence-corrected chi connectivity index (χ2v) is 17.7. The summed E-state index contributed by atoms with van der Waals surface area (Å²) in [6, 6.07) is 53.3. The maximum absolute atomic E-state index is 6.60. The van der Waals surface area contributed by atoms with E-state index in [9.17, 15) is 0 Å². The number of rotatable bonds is 2. The van der Waals surface area contributed by atoms with Crippen molar-refractivity contribution in [1.29, 1.82) is 0 Å². The Balaban J connectivity index is 1.11. The quantitative estimate of drug-likeness (QED) is 0.165. The third-order valence-corrected chi connectivity index (χ3v) is 12.0. The minimum atomic E-state index is -0.112. The minimum Gasteiger partial charge on any atom is -0.456 e. The zero-order valence-electron chi connectivity index (χ0n) is 32.7. The lowest BCUT2D eigenvalue weighted by molar-refractivity contribution is 0.487. The smallest absolute Gasteiger partial charge is 0.135 e. The molecule has 0 saturated carbocycles. The molecule has 0 spiro atoms. The van der Waals surface area contributed by atoms with Gasteiger partial charge in [0, 0.05) is 21.9 Å². The monoisotopic (exact) mass is 722 g/mol. The van der Waals surface area contributed by atoms with Gasteiger partial charge in [0.1, 0.15) is 23.0 Å². The van der Waals surface area contributed by atoms with Crippen molar-refractivity contribution >= 4 is 43.1 Å². The third kappa shape index (κ3) is 4.81. The molecule has 2 heteroatoms. The van der Waals surface area contributed by atoms with E-state index in [1.807, 2.05) is 6.07 Å². The molecule has 0 fully saturated rings. The Morgan fingerprint density at radius 3 is 1.59 bits per heavy atom. The van der Waals surface area contributed by atoms with Crippen LogP contribution in [-0.2, 0) is 10.8 Å². The summed E-state index contributed by atoms with van der Waals surface area (Å²) in [5.74, 6) is 3.65. The van der Waals surface area contributed by atoms with Crippen LogP contribution in [0.4, 0.5) is 0 Å². The standard InChI is InChI=1S/C54H42O2/c1-53(2,3)51-42-25-22-34(35-26-27-47-50-38(35)16-11-17-40(50)36-14-7-8-18-45(36)55-47)29-44(42)52(54(4,5)6)41-24-21-32(28-43(41)51)33-20-23-37-39-15-9-12-31-13-10-19-46(49(31)39)56-48(37)30-33/h7-30H,1-6H3. The van der Waals surface area contributed by atoms with Crippen molar-refractivity contribution in [2.45, 2.75) is 52.4 Å². The highest BCUT2D eigenvalue weighted by molar-refractivity contribution is 6.13. The summed E-state index contributed by atoms with van der Waals surface area (Å²) in [6.07, 6.45) is 0. The van der Waals surface area contributed by atoms with Crippen LogP contribution in [0, 0.1) is 0 Å². The Morgan fingerprint density at radius 2 is 0.839 bits per heavy atom. The Kier molecular flexibility index (Phi) is 6.82. The van der Waals surface area contributed by atoms with Gasteiger partial charge in [0.25, 0.3) is 0 Å². The lowest BCUT2D eigenvalue weighted by Gasteiger charge is -2.31. The summed E-state index contributed by atoms with van der Waals surface area (Å²) in [5, 5.41) is 10.0. The molecule has 0 unspecified atom stereocenters. The Hall–Kier alpha value is -6.38. The molecule has 0 bridgehead atoms. The largest absolute Gasteiger partial charge is 0.456 e. The molecule has 9 aromatic rings. The van der Waals surface area contributed by atoms with Crippen LogP contribution in [0.2, 0.25) is 0 Å². The lowest BCUT2D eigenvalue weighted by atomic mass is 9.73. The molecule has 270 valence electrons. The normalized spacial score (nSPS) is 13.1. The number of hydrogen-bond donors (Lipinski definition) is 0. The van der Waals surface area contributed by atoms with Gasteiger partial charge in [-0.25, -0.2) is 0 Å². The summed E-state index contributed by atoms with van der Waals surface area (Å²) in [6.45, 7) is 14.1. The molecule has 11 rings (SSSR count). The van der Waals surface area contributed by atoms with Gasteiger partial charge in [-0.05, 0) is 130 Å². The van der Waals surface area contributed by atoms with Gasteiger partial charge >= 0.3 is 0 Å². The van der Waals surface area contributed by atoms with Crippen LogP contribution in [-0.4, -0.2) is 0 Å². The summed E-state index contributed by atoms with van der Waals surface area (Å²) < 4.78 is 13.1. The van der Waals surface area contributed by atoms with Crippen LogP contribution in [0.1, 0.15) is 52.7 Å². The molecule has 56 heavy (non-hydrogen) atoms. The molecule has 9 aromatic carbocycles. The fraction of sp³-hybridized carbons (Fsp3) is 0.148. The van der Waals surface area contributed by atoms with Crippen LogP contribution in [0.15, 0.2) is 146 Å². The Labute approximate surface area is 328 Å². The van der Waals surface area contributed by atoms with Crippen molar-refractivity contribution in [2.24, 2.45) is 0 Å². The molecular weight excluding hydrogens is 681 g/mol. The van der Waals surface area contributed by atoms with Gasteiger partial charge in [-0.1, -0.05) is 145 Å². The Bertz CT molecular complexity index is 3140. The van der Waals surface area contributed by atoms with E-state index in [2.05, 4.69) is 181 Å². The summed E-state index contributed by atoms with van der Waals surface area (Å²) in [7, 11) is 0. The second-order valence-electron chi connectivity index (χ2n) is 17.7. The molecule has 0 atom stereocenters. The molecule has 0 saturated heterocycles. The van der Waals surface area contributed by atoms with Gasteiger partial charge in [0.15, 0.2) is 0 Å². The van der Waals surface area contributed by atoms with E-state index in [0.717, 1.165) is 39.7 Å². The van der Waals surface area contributed by atoms with Gasteiger partial charge in [-0.2, -0.15) is 0 Å². The average molecular weight is 723 g/mol. The molecule has 2 nitrogen and oxygen atoms in total. The highest BCUT2D eigenvalue weighted by Gasteiger charge is 2.29. The van der Waals surface area contributed by atoms with Gasteiger partial charge in [-0.3, -0.25) is 0 Å². The van der Waals surface area contributed by atoms with Crippen molar-refractivity contribution < 1.29 is 9.47 Å². The number of fused-ring (bicyclic) bond motifs is 6. The van der Waals surface area contributed by atoms with E-state index in [1.165, 1.54) is 82.0 Å². The Morgan fingerprint density at radius 1 is 0.321 bits per heavy atom. The van der Waals surface area contributed by atoms with Crippen molar-refractivity contribution in [3.8, 4) is 67.5 Å². The third-order valence-electron chi connectivity index (χ3n) is 12.0. The van der Waals surface area contributed by atoms with Gasteiger partial charge in [0.2, 0.25) is 0 Å². The molecule has 0 amide bonds. The first-order valence-corrected chi connectivity index (χ1v) is 19.8. The predicted octanol–water partition coefficient (Wildman–Crippen LogP) is 15.8. The van der Waals surface area contributed by atoms with Crippen molar-refractivity contribution in [1.82, 2.24) is 0 Å². The minimum absolute atomic E-state index is 0.112. The van der Waals surface area contributed by atoms with E-state index >= 15 is 0 Å². The van der Waals surface area contributed by atoms with Crippen LogP contribution < -0.4 is 9.47 Å². The van der Waals surface area contributed by atoms with Crippen molar-refractivity contribution in [2.75, 3.05) is 0 Å². The molecule has 2 heterocycles. The van der Waals surface area contributed by atoms with Crippen molar-refractivity contribution in [3.05, 3.63) is 157 Å². The maximum atomic E-state index is 6.60. The van der Waals surface area contributed by atoms with Gasteiger partial charge in [0.05, 0.1) is 0 Å².